The standard InChI is InChI=1S/C20H23N3O4S/c1-16-21-12-13-22(16)14-17(24)15-23(19-10-6-7-11-20(19)27-2)28(25,26)18-8-4-3-5-9-18/h3-13,17,24H,14-15H2,1-2H3/t17-/m0/s1. The third kappa shape index (κ3) is 4.18. The van der Waals surface area contributed by atoms with Gasteiger partial charge in [0, 0.05) is 12.4 Å². The molecule has 0 saturated carbocycles. The number of ether oxygens (including phenoxy) is 1. The molecule has 1 atom stereocenters. The molecule has 0 fully saturated rings. The van der Waals surface area contributed by atoms with Crippen LogP contribution in [0.4, 0.5) is 5.69 Å². The minimum atomic E-state index is -3.90. The number of methoxy groups -OCH3 is 1. The van der Waals surface area contributed by atoms with Crippen LogP contribution in [0.25, 0.3) is 0 Å². The summed E-state index contributed by atoms with van der Waals surface area (Å²) in [7, 11) is -2.42. The molecule has 1 aromatic heterocycles. The lowest BCUT2D eigenvalue weighted by atomic mass is 10.2. The predicted molar refractivity (Wildman–Crippen MR) is 107 cm³/mol. The molecule has 28 heavy (non-hydrogen) atoms. The van der Waals surface area contributed by atoms with Crippen molar-refractivity contribution in [3.63, 3.8) is 0 Å². The van der Waals surface area contributed by atoms with Gasteiger partial charge in [-0.05, 0) is 31.2 Å². The molecule has 1 N–H and O–H groups in total. The van der Waals surface area contributed by atoms with E-state index in [4.69, 9.17) is 4.74 Å². The molecule has 148 valence electrons. The van der Waals surface area contributed by atoms with Crippen molar-refractivity contribution < 1.29 is 18.3 Å². The smallest absolute Gasteiger partial charge is 0.264 e. The zero-order chi connectivity index (χ0) is 20.1. The van der Waals surface area contributed by atoms with Gasteiger partial charge in [0.25, 0.3) is 10.0 Å². The topological polar surface area (TPSA) is 84.7 Å². The van der Waals surface area contributed by atoms with E-state index in [0.29, 0.717) is 11.4 Å². The van der Waals surface area contributed by atoms with Gasteiger partial charge >= 0.3 is 0 Å². The fourth-order valence-corrected chi connectivity index (χ4v) is 4.49. The Hall–Kier alpha value is -2.84. The molecule has 2 aromatic carbocycles. The number of rotatable bonds is 8. The molecule has 7 nitrogen and oxygen atoms in total. The number of imidazole rings is 1. The lowest BCUT2D eigenvalue weighted by Crippen LogP contribution is -2.39. The van der Waals surface area contributed by atoms with E-state index in [-0.39, 0.29) is 18.0 Å². The SMILES string of the molecule is COc1ccccc1N(C[C@@H](O)Cn1ccnc1C)S(=O)(=O)c1ccccc1. The lowest BCUT2D eigenvalue weighted by Gasteiger charge is -2.28. The second-order valence-corrected chi connectivity index (χ2v) is 8.16. The maximum absolute atomic E-state index is 13.3. The summed E-state index contributed by atoms with van der Waals surface area (Å²) in [5.74, 6) is 1.15. The number of aromatic nitrogens is 2. The van der Waals surface area contributed by atoms with E-state index in [1.54, 1.807) is 59.4 Å². The summed E-state index contributed by atoms with van der Waals surface area (Å²) in [4.78, 5) is 4.28. The fourth-order valence-electron chi connectivity index (χ4n) is 2.95. The van der Waals surface area contributed by atoms with E-state index in [0.717, 1.165) is 5.82 Å². The molecule has 0 amide bonds. The van der Waals surface area contributed by atoms with Gasteiger partial charge < -0.3 is 14.4 Å². The third-order valence-corrected chi connectivity index (χ3v) is 6.19. The molecular formula is C20H23N3O4S. The number of anilines is 1. The first-order valence-corrected chi connectivity index (χ1v) is 10.2. The molecule has 0 radical (unpaired) electrons. The lowest BCUT2D eigenvalue weighted by molar-refractivity contribution is 0.162. The molecule has 8 heteroatoms. The van der Waals surface area contributed by atoms with Gasteiger partial charge in [-0.3, -0.25) is 4.31 Å². The number of hydrogen-bond donors (Lipinski definition) is 1. The second-order valence-electron chi connectivity index (χ2n) is 6.30. The van der Waals surface area contributed by atoms with Crippen LogP contribution in [0, 0.1) is 6.92 Å². The van der Waals surface area contributed by atoms with Gasteiger partial charge in [0.2, 0.25) is 0 Å². The largest absolute Gasteiger partial charge is 0.495 e. The van der Waals surface area contributed by atoms with Crippen molar-refractivity contribution in [1.82, 2.24) is 9.55 Å². The number of benzene rings is 2. The van der Waals surface area contributed by atoms with E-state index in [2.05, 4.69) is 4.98 Å². The van der Waals surface area contributed by atoms with Crippen molar-refractivity contribution in [1.29, 1.82) is 0 Å². The average Bonchev–Trinajstić information content (AvgIpc) is 3.11. The van der Waals surface area contributed by atoms with Gasteiger partial charge in [-0.2, -0.15) is 0 Å². The number of sulfonamides is 1. The summed E-state index contributed by atoms with van der Waals surface area (Å²) in [6.45, 7) is 1.92. The summed E-state index contributed by atoms with van der Waals surface area (Å²) in [6.07, 6.45) is 2.44. The van der Waals surface area contributed by atoms with E-state index in [1.165, 1.54) is 23.5 Å². The van der Waals surface area contributed by atoms with E-state index >= 15 is 0 Å². The van der Waals surface area contributed by atoms with Crippen molar-refractivity contribution >= 4 is 15.7 Å². The molecule has 0 saturated heterocycles. The minimum absolute atomic E-state index is 0.130. The Morgan fingerprint density at radius 3 is 2.46 bits per heavy atom. The highest BCUT2D eigenvalue weighted by molar-refractivity contribution is 7.92. The van der Waals surface area contributed by atoms with Crippen LogP contribution in [0.3, 0.4) is 0 Å². The summed E-state index contributed by atoms with van der Waals surface area (Å²) in [6, 6.07) is 15.0. The van der Waals surface area contributed by atoms with E-state index in [1.807, 2.05) is 6.92 Å². The van der Waals surface area contributed by atoms with Crippen LogP contribution in [0.5, 0.6) is 5.75 Å². The average molecular weight is 401 g/mol. The van der Waals surface area contributed by atoms with Crippen LogP contribution in [0.15, 0.2) is 71.9 Å². The normalized spacial score (nSPS) is 12.5. The van der Waals surface area contributed by atoms with Crippen molar-refractivity contribution in [3.05, 3.63) is 72.8 Å². The minimum Gasteiger partial charge on any atom is -0.495 e. The van der Waals surface area contributed by atoms with Crippen molar-refractivity contribution in [3.8, 4) is 5.75 Å². The van der Waals surface area contributed by atoms with Gasteiger partial charge in [-0.1, -0.05) is 30.3 Å². The first kappa shape index (κ1) is 19.9. The van der Waals surface area contributed by atoms with Crippen LogP contribution >= 0.6 is 0 Å². The molecule has 0 unspecified atom stereocenters. The summed E-state index contributed by atoms with van der Waals surface area (Å²) in [5.41, 5.74) is 0.371. The van der Waals surface area contributed by atoms with Crippen LogP contribution in [0.1, 0.15) is 5.82 Å². The molecule has 0 aliphatic rings. The van der Waals surface area contributed by atoms with Crippen molar-refractivity contribution in [2.45, 2.75) is 24.5 Å². The number of hydrogen-bond acceptors (Lipinski definition) is 5. The number of aliphatic hydroxyl groups is 1. The van der Waals surface area contributed by atoms with Gasteiger partial charge in [0.05, 0.1) is 36.9 Å². The quantitative estimate of drug-likeness (QED) is 0.627. The monoisotopic (exact) mass is 401 g/mol. The third-order valence-electron chi connectivity index (χ3n) is 4.39. The van der Waals surface area contributed by atoms with Gasteiger partial charge in [-0.25, -0.2) is 13.4 Å². The summed E-state index contributed by atoms with van der Waals surface area (Å²) < 4.78 is 35.0. The Kier molecular flexibility index (Phi) is 6.01. The maximum Gasteiger partial charge on any atom is 0.264 e. The second kappa shape index (κ2) is 8.45. The fraction of sp³-hybridized carbons (Fsp3) is 0.250. The first-order valence-electron chi connectivity index (χ1n) is 8.80. The van der Waals surface area contributed by atoms with Gasteiger partial charge in [0.1, 0.15) is 11.6 Å². The first-order chi connectivity index (χ1) is 13.4. The molecule has 0 spiro atoms. The molecule has 0 bridgehead atoms. The highest BCUT2D eigenvalue weighted by Gasteiger charge is 2.29. The Morgan fingerprint density at radius 2 is 1.82 bits per heavy atom. The number of aryl methyl sites for hydroxylation is 1. The van der Waals surface area contributed by atoms with Crippen molar-refractivity contribution in [2.75, 3.05) is 18.0 Å². The zero-order valence-electron chi connectivity index (χ0n) is 15.8. The van der Waals surface area contributed by atoms with Crippen LogP contribution < -0.4 is 9.04 Å². The van der Waals surface area contributed by atoms with Crippen LogP contribution in [-0.2, 0) is 16.6 Å². The van der Waals surface area contributed by atoms with Crippen LogP contribution in [-0.4, -0.2) is 42.8 Å². The van der Waals surface area contributed by atoms with Gasteiger partial charge in [-0.15, -0.1) is 0 Å². The number of aliphatic hydroxyl groups excluding tert-OH is 1. The highest BCUT2D eigenvalue weighted by atomic mass is 32.2. The summed E-state index contributed by atoms with van der Waals surface area (Å²) >= 11 is 0. The summed E-state index contributed by atoms with van der Waals surface area (Å²) in [5, 5.41) is 10.7. The Bertz CT molecular complexity index is 1020. The predicted octanol–water partition coefficient (Wildman–Crippen LogP) is 2.46. The van der Waals surface area contributed by atoms with Gasteiger partial charge in [0.15, 0.2) is 0 Å². The van der Waals surface area contributed by atoms with Crippen LogP contribution in [0.2, 0.25) is 0 Å². The molecule has 3 rings (SSSR count). The molecule has 0 aliphatic heterocycles. The number of para-hydroxylation sites is 2. The molecule has 1 heterocycles. The highest BCUT2D eigenvalue weighted by Crippen LogP contribution is 2.32. The van der Waals surface area contributed by atoms with Crippen molar-refractivity contribution in [2.24, 2.45) is 0 Å². The number of nitrogens with zero attached hydrogens (tertiary/aromatic N) is 3. The Labute approximate surface area is 164 Å². The Balaban J connectivity index is 1.98. The molecular weight excluding hydrogens is 378 g/mol. The molecule has 3 aromatic rings. The zero-order valence-corrected chi connectivity index (χ0v) is 16.6. The molecule has 0 aliphatic carbocycles. The Morgan fingerprint density at radius 1 is 1.14 bits per heavy atom. The van der Waals surface area contributed by atoms with E-state index in [9.17, 15) is 13.5 Å². The van der Waals surface area contributed by atoms with E-state index < -0.39 is 16.1 Å². The maximum atomic E-state index is 13.3.